The Morgan fingerprint density at radius 3 is 2.78 bits per heavy atom. The third-order valence-corrected chi connectivity index (χ3v) is 4.02. The maximum Gasteiger partial charge on any atom is 0.315 e. The fourth-order valence-electron chi connectivity index (χ4n) is 1.88. The maximum atomic E-state index is 11.1. The summed E-state index contributed by atoms with van der Waals surface area (Å²) < 4.78 is 15.5. The number of hydrogen-bond acceptors (Lipinski definition) is 8. The average molecular weight is 331 g/mol. The Morgan fingerprint density at radius 1 is 1.26 bits per heavy atom. The molecule has 1 aromatic carbocycles. The molecule has 0 aliphatic heterocycles. The molecule has 0 saturated heterocycles. The average Bonchev–Trinajstić information content (AvgIpc) is 2.96. The number of thioether (sulfide) groups is 1. The zero-order chi connectivity index (χ0) is 16.2. The molecule has 0 unspecified atom stereocenters. The second kappa shape index (κ2) is 6.66. The van der Waals surface area contributed by atoms with E-state index < -0.39 is 0 Å². The van der Waals surface area contributed by atoms with E-state index in [2.05, 4.69) is 19.9 Å². The van der Waals surface area contributed by atoms with Gasteiger partial charge in [0.2, 0.25) is 5.88 Å². The van der Waals surface area contributed by atoms with E-state index >= 15 is 0 Å². The van der Waals surface area contributed by atoms with Gasteiger partial charge in [-0.25, -0.2) is 4.98 Å². The second-order valence-corrected chi connectivity index (χ2v) is 5.61. The fourth-order valence-corrected chi connectivity index (χ4v) is 2.62. The quantitative estimate of drug-likeness (QED) is 0.521. The molecule has 118 valence electrons. The molecule has 0 spiro atoms. The summed E-state index contributed by atoms with van der Waals surface area (Å²) in [6, 6.07) is 7.33. The number of ether oxygens (including phenoxy) is 2. The highest BCUT2D eigenvalue weighted by Crippen LogP contribution is 2.30. The minimum Gasteiger partial charge on any atom is -0.468 e. The van der Waals surface area contributed by atoms with Gasteiger partial charge in [-0.05, 0) is 31.2 Å². The van der Waals surface area contributed by atoms with Gasteiger partial charge in [0.05, 0.1) is 18.6 Å². The van der Waals surface area contributed by atoms with E-state index in [4.69, 9.17) is 9.26 Å². The van der Waals surface area contributed by atoms with Gasteiger partial charge in [0.1, 0.15) is 17.5 Å². The van der Waals surface area contributed by atoms with E-state index in [1.165, 1.54) is 25.2 Å². The van der Waals surface area contributed by atoms with Crippen molar-refractivity contribution >= 4 is 28.8 Å². The Labute approximate surface area is 136 Å². The first-order valence-electron chi connectivity index (χ1n) is 6.72. The number of aromatic nitrogens is 3. The van der Waals surface area contributed by atoms with Gasteiger partial charge in [-0.15, -0.1) is 11.8 Å². The van der Waals surface area contributed by atoms with E-state index in [-0.39, 0.29) is 11.7 Å². The van der Waals surface area contributed by atoms with Gasteiger partial charge in [0.25, 0.3) is 5.71 Å². The fraction of sp³-hybridized carbons (Fsp3) is 0.200. The first-order chi connectivity index (χ1) is 11.2. The van der Waals surface area contributed by atoms with Crippen molar-refractivity contribution in [3.63, 3.8) is 0 Å². The smallest absolute Gasteiger partial charge is 0.315 e. The van der Waals surface area contributed by atoms with Crippen LogP contribution in [0, 0.1) is 6.92 Å². The van der Waals surface area contributed by atoms with Crippen LogP contribution < -0.4 is 4.74 Å². The van der Waals surface area contributed by atoms with Gasteiger partial charge in [0.15, 0.2) is 0 Å². The monoisotopic (exact) mass is 331 g/mol. The van der Waals surface area contributed by atoms with E-state index in [1.54, 1.807) is 19.1 Å². The van der Waals surface area contributed by atoms with Crippen molar-refractivity contribution in [1.29, 1.82) is 0 Å². The SMILES string of the molecule is COC(=O)CSc1ccc(Oc2ncnc3onc(C)c23)cc1. The Kier molecular flexibility index (Phi) is 4.42. The minimum absolute atomic E-state index is 0.262. The number of esters is 1. The molecular weight excluding hydrogens is 318 g/mol. The van der Waals surface area contributed by atoms with Crippen molar-refractivity contribution in [3.8, 4) is 11.6 Å². The summed E-state index contributed by atoms with van der Waals surface area (Å²) >= 11 is 1.39. The van der Waals surface area contributed by atoms with E-state index in [9.17, 15) is 4.79 Å². The Hall–Kier alpha value is -2.61. The summed E-state index contributed by atoms with van der Waals surface area (Å²) in [6.45, 7) is 1.80. The predicted molar refractivity (Wildman–Crippen MR) is 83.6 cm³/mol. The van der Waals surface area contributed by atoms with E-state index in [0.717, 1.165) is 4.90 Å². The van der Waals surface area contributed by atoms with Gasteiger partial charge < -0.3 is 14.0 Å². The summed E-state index contributed by atoms with van der Waals surface area (Å²) in [5.41, 5.74) is 1.05. The molecule has 0 saturated carbocycles. The lowest BCUT2D eigenvalue weighted by atomic mass is 10.3. The molecule has 8 heteroatoms. The number of rotatable bonds is 5. The highest BCUT2D eigenvalue weighted by Gasteiger charge is 2.13. The third kappa shape index (κ3) is 3.42. The van der Waals surface area contributed by atoms with E-state index in [0.29, 0.717) is 28.4 Å². The van der Waals surface area contributed by atoms with Crippen molar-refractivity contribution in [1.82, 2.24) is 15.1 Å². The van der Waals surface area contributed by atoms with Crippen LogP contribution in [0.4, 0.5) is 0 Å². The summed E-state index contributed by atoms with van der Waals surface area (Å²) in [7, 11) is 1.37. The van der Waals surface area contributed by atoms with Crippen LogP contribution in [0.5, 0.6) is 11.6 Å². The van der Waals surface area contributed by atoms with Crippen LogP contribution in [0.3, 0.4) is 0 Å². The number of hydrogen-bond donors (Lipinski definition) is 0. The van der Waals surface area contributed by atoms with Crippen LogP contribution >= 0.6 is 11.8 Å². The molecule has 0 N–H and O–H groups in total. The van der Waals surface area contributed by atoms with Crippen LogP contribution in [0.1, 0.15) is 5.69 Å². The van der Waals surface area contributed by atoms with Crippen LogP contribution in [0.2, 0.25) is 0 Å². The number of carbonyl (C=O) groups is 1. The van der Waals surface area contributed by atoms with Gasteiger partial charge in [-0.3, -0.25) is 4.79 Å². The van der Waals surface area contributed by atoms with Gasteiger partial charge in [-0.1, -0.05) is 5.16 Å². The lowest BCUT2D eigenvalue weighted by molar-refractivity contribution is -0.137. The summed E-state index contributed by atoms with van der Waals surface area (Å²) in [6.07, 6.45) is 1.36. The van der Waals surface area contributed by atoms with Gasteiger partial charge in [-0.2, -0.15) is 4.98 Å². The van der Waals surface area contributed by atoms with Crippen molar-refractivity contribution in [3.05, 3.63) is 36.3 Å². The van der Waals surface area contributed by atoms with E-state index in [1.807, 2.05) is 12.1 Å². The first kappa shape index (κ1) is 15.3. The first-order valence-corrected chi connectivity index (χ1v) is 7.70. The van der Waals surface area contributed by atoms with Crippen LogP contribution in [0.25, 0.3) is 11.1 Å². The summed E-state index contributed by atoms with van der Waals surface area (Å²) in [4.78, 5) is 20.2. The molecule has 3 aromatic rings. The third-order valence-electron chi connectivity index (χ3n) is 3.03. The Morgan fingerprint density at radius 2 is 2.04 bits per heavy atom. The highest BCUT2D eigenvalue weighted by molar-refractivity contribution is 8.00. The molecule has 3 rings (SSSR count). The molecule has 0 fully saturated rings. The van der Waals surface area contributed by atoms with Crippen LogP contribution in [0.15, 0.2) is 40.0 Å². The summed E-state index contributed by atoms with van der Waals surface area (Å²) in [5, 5.41) is 4.51. The molecule has 7 nitrogen and oxygen atoms in total. The number of methoxy groups -OCH3 is 1. The Bertz CT molecular complexity index is 832. The lowest BCUT2D eigenvalue weighted by Gasteiger charge is -2.06. The molecule has 2 heterocycles. The zero-order valence-corrected chi connectivity index (χ0v) is 13.3. The topological polar surface area (TPSA) is 87.3 Å². The van der Waals surface area contributed by atoms with Crippen molar-refractivity contribution < 1.29 is 18.8 Å². The molecule has 0 aliphatic rings. The zero-order valence-electron chi connectivity index (χ0n) is 12.5. The van der Waals surface area contributed by atoms with Crippen molar-refractivity contribution in [2.24, 2.45) is 0 Å². The van der Waals surface area contributed by atoms with Gasteiger partial charge in [0, 0.05) is 4.90 Å². The number of benzene rings is 1. The number of nitrogens with zero attached hydrogens (tertiary/aromatic N) is 3. The van der Waals surface area contributed by atoms with Crippen LogP contribution in [-0.2, 0) is 9.53 Å². The summed E-state index contributed by atoms with van der Waals surface area (Å²) in [5.74, 6) is 1.02. The largest absolute Gasteiger partial charge is 0.468 e. The highest BCUT2D eigenvalue weighted by atomic mass is 32.2. The van der Waals surface area contributed by atoms with Crippen molar-refractivity contribution in [2.45, 2.75) is 11.8 Å². The van der Waals surface area contributed by atoms with Crippen molar-refractivity contribution in [2.75, 3.05) is 12.9 Å². The number of fused-ring (bicyclic) bond motifs is 1. The second-order valence-electron chi connectivity index (χ2n) is 4.57. The number of aryl methyl sites for hydroxylation is 1. The van der Waals surface area contributed by atoms with Gasteiger partial charge >= 0.3 is 5.97 Å². The molecule has 0 atom stereocenters. The molecule has 23 heavy (non-hydrogen) atoms. The molecule has 2 aromatic heterocycles. The molecule has 0 bridgehead atoms. The molecule has 0 amide bonds. The molecule has 0 aliphatic carbocycles. The maximum absolute atomic E-state index is 11.1. The Balaban J connectivity index is 1.75. The standard InChI is InChI=1S/C15H13N3O4S/c1-9-13-14(16-8-17-15(13)22-18-9)21-10-3-5-11(6-4-10)23-7-12(19)20-2/h3-6,8H,7H2,1-2H3. The minimum atomic E-state index is -0.262. The number of carbonyl (C=O) groups excluding carboxylic acids is 1. The van der Waals surface area contributed by atoms with Crippen LogP contribution in [-0.4, -0.2) is 34.0 Å². The molecule has 0 radical (unpaired) electrons. The normalized spacial score (nSPS) is 10.7. The lowest BCUT2D eigenvalue weighted by Crippen LogP contribution is -2.02. The molecular formula is C15H13N3O4S. The predicted octanol–water partition coefficient (Wildman–Crippen LogP) is 2.98.